The van der Waals surface area contributed by atoms with E-state index in [-0.39, 0.29) is 17.9 Å². The van der Waals surface area contributed by atoms with Gasteiger partial charge in [0.15, 0.2) is 0 Å². The van der Waals surface area contributed by atoms with Crippen LogP contribution in [0.5, 0.6) is 0 Å². The van der Waals surface area contributed by atoms with Crippen molar-refractivity contribution < 1.29 is 14.7 Å². The third kappa shape index (κ3) is 6.53. The number of amides is 1. The Morgan fingerprint density at radius 1 is 0.925 bits per heavy atom. The molecule has 7 heteroatoms. The number of para-hydroxylation sites is 1. The summed E-state index contributed by atoms with van der Waals surface area (Å²) in [6.07, 6.45) is 6.11. The Bertz CT molecular complexity index is 1310. The van der Waals surface area contributed by atoms with E-state index in [0.717, 1.165) is 59.5 Å². The standard InChI is InChI=1S/C33H42N4O3/c1-23(33(39)40)21-36-17-19-37(20-18-36)22-28-30(32(38)34-24(2)25-11-5-3-6-12-25)27-15-9-10-16-29(27)35-31(28)26-13-7-4-8-14-26/h4,7-10,13-16,23-25H,3,5-6,11-12,17-22H2,1-2H3,(H,34,38)(H,39,40)/t23?,24-/m0/s1. The molecular formula is C33H42N4O3. The number of rotatable bonds is 9. The van der Waals surface area contributed by atoms with Gasteiger partial charge in [0.25, 0.3) is 5.91 Å². The zero-order valence-electron chi connectivity index (χ0n) is 23.8. The maximum Gasteiger partial charge on any atom is 0.307 e. The monoisotopic (exact) mass is 542 g/mol. The highest BCUT2D eigenvalue weighted by Gasteiger charge is 2.28. The number of nitrogens with one attached hydrogen (secondary N) is 1. The number of pyridine rings is 1. The van der Waals surface area contributed by atoms with E-state index in [0.29, 0.717) is 19.0 Å². The van der Waals surface area contributed by atoms with Crippen LogP contribution in [0.25, 0.3) is 22.2 Å². The van der Waals surface area contributed by atoms with Crippen LogP contribution in [0, 0.1) is 11.8 Å². The maximum atomic E-state index is 14.2. The minimum absolute atomic E-state index is 0.0160. The van der Waals surface area contributed by atoms with Crippen LogP contribution >= 0.6 is 0 Å². The van der Waals surface area contributed by atoms with Gasteiger partial charge >= 0.3 is 5.97 Å². The first-order valence-electron chi connectivity index (χ1n) is 14.9. The SMILES string of the molecule is CC(CN1CCN(Cc2c(-c3ccccc3)nc3ccccc3c2C(=O)N[C@@H](C)C2CCCCC2)CC1)C(=O)O. The van der Waals surface area contributed by atoms with E-state index >= 15 is 0 Å². The Morgan fingerprint density at radius 3 is 2.27 bits per heavy atom. The molecule has 7 nitrogen and oxygen atoms in total. The Morgan fingerprint density at radius 2 is 1.57 bits per heavy atom. The number of piperazine rings is 1. The van der Waals surface area contributed by atoms with Crippen LogP contribution in [-0.4, -0.2) is 70.5 Å². The molecule has 2 aromatic carbocycles. The van der Waals surface area contributed by atoms with Gasteiger partial charge < -0.3 is 10.4 Å². The molecule has 1 saturated heterocycles. The van der Waals surface area contributed by atoms with E-state index in [1.165, 1.54) is 32.1 Å². The lowest BCUT2D eigenvalue weighted by Gasteiger charge is -2.36. The number of nitrogens with zero attached hydrogens (tertiary/aromatic N) is 3. The Balaban J connectivity index is 1.48. The summed E-state index contributed by atoms with van der Waals surface area (Å²) in [5.41, 5.74) is 4.39. The number of hydrogen-bond donors (Lipinski definition) is 2. The van der Waals surface area contributed by atoms with Crippen molar-refractivity contribution in [3.8, 4) is 11.3 Å². The molecule has 1 aliphatic heterocycles. The normalized spacial score (nSPS) is 18.9. The molecule has 2 aliphatic rings. The van der Waals surface area contributed by atoms with Gasteiger partial charge in [0, 0.05) is 61.8 Å². The number of aromatic nitrogens is 1. The van der Waals surface area contributed by atoms with E-state index in [9.17, 15) is 14.7 Å². The smallest absolute Gasteiger partial charge is 0.307 e. The van der Waals surface area contributed by atoms with Crippen molar-refractivity contribution in [2.45, 2.75) is 58.5 Å². The van der Waals surface area contributed by atoms with E-state index < -0.39 is 5.97 Å². The first-order chi connectivity index (χ1) is 19.4. The molecule has 5 rings (SSSR count). The van der Waals surface area contributed by atoms with Gasteiger partial charge in [0.05, 0.1) is 22.7 Å². The van der Waals surface area contributed by atoms with Crippen LogP contribution in [0.4, 0.5) is 0 Å². The summed E-state index contributed by atoms with van der Waals surface area (Å²) < 4.78 is 0. The van der Waals surface area contributed by atoms with E-state index in [2.05, 4.69) is 34.2 Å². The second-order valence-corrected chi connectivity index (χ2v) is 11.7. The summed E-state index contributed by atoms with van der Waals surface area (Å²) in [6, 6.07) is 18.3. The fourth-order valence-electron chi connectivity index (χ4n) is 6.35. The average molecular weight is 543 g/mol. The second-order valence-electron chi connectivity index (χ2n) is 11.7. The predicted molar refractivity (Wildman–Crippen MR) is 159 cm³/mol. The van der Waals surface area contributed by atoms with Crippen molar-refractivity contribution in [3.63, 3.8) is 0 Å². The van der Waals surface area contributed by atoms with Gasteiger partial charge in [0.2, 0.25) is 0 Å². The Labute approximate surface area is 237 Å². The van der Waals surface area contributed by atoms with Crippen LogP contribution in [0.15, 0.2) is 54.6 Å². The number of carboxylic acid groups (broad SMARTS) is 1. The fraction of sp³-hybridized carbons (Fsp3) is 0.485. The van der Waals surface area contributed by atoms with Gasteiger partial charge in [-0.3, -0.25) is 19.4 Å². The molecule has 212 valence electrons. The number of hydrogen-bond acceptors (Lipinski definition) is 5. The number of fused-ring (bicyclic) bond motifs is 1. The second kappa shape index (κ2) is 12.9. The molecular weight excluding hydrogens is 500 g/mol. The molecule has 1 aromatic heterocycles. The molecule has 1 unspecified atom stereocenters. The lowest BCUT2D eigenvalue weighted by molar-refractivity contribution is -0.141. The molecule has 2 N–H and O–H groups in total. The van der Waals surface area contributed by atoms with Gasteiger partial charge in [0.1, 0.15) is 0 Å². The van der Waals surface area contributed by atoms with Gasteiger partial charge in [-0.15, -0.1) is 0 Å². The maximum absolute atomic E-state index is 14.2. The minimum atomic E-state index is -0.754. The Hall–Kier alpha value is -3.29. The molecule has 1 aliphatic carbocycles. The van der Waals surface area contributed by atoms with Crippen LogP contribution in [0.3, 0.4) is 0 Å². The summed E-state index contributed by atoms with van der Waals surface area (Å²) >= 11 is 0. The summed E-state index contributed by atoms with van der Waals surface area (Å²) in [7, 11) is 0. The highest BCUT2D eigenvalue weighted by atomic mass is 16.4. The number of carboxylic acids is 1. The van der Waals surface area contributed by atoms with Crippen molar-refractivity contribution >= 4 is 22.8 Å². The van der Waals surface area contributed by atoms with Crippen LogP contribution in [-0.2, 0) is 11.3 Å². The van der Waals surface area contributed by atoms with Crippen molar-refractivity contribution in [2.24, 2.45) is 11.8 Å². The predicted octanol–water partition coefficient (Wildman–Crippen LogP) is 5.44. The Kier molecular flexibility index (Phi) is 9.12. The van der Waals surface area contributed by atoms with E-state index in [1.807, 2.05) is 42.5 Å². The third-order valence-corrected chi connectivity index (χ3v) is 8.78. The molecule has 1 saturated carbocycles. The molecule has 1 amide bonds. The zero-order chi connectivity index (χ0) is 28.1. The van der Waals surface area contributed by atoms with Crippen LogP contribution in [0.2, 0.25) is 0 Å². The molecule has 0 radical (unpaired) electrons. The van der Waals surface area contributed by atoms with Crippen molar-refractivity contribution in [3.05, 3.63) is 65.7 Å². The topological polar surface area (TPSA) is 85.8 Å². The van der Waals surface area contributed by atoms with Crippen molar-refractivity contribution in [1.82, 2.24) is 20.1 Å². The summed E-state index contributed by atoms with van der Waals surface area (Å²) in [4.78, 5) is 35.2. The van der Waals surface area contributed by atoms with Crippen molar-refractivity contribution in [1.29, 1.82) is 0 Å². The molecule has 0 spiro atoms. The van der Waals surface area contributed by atoms with Gasteiger partial charge in [-0.05, 0) is 31.7 Å². The minimum Gasteiger partial charge on any atom is -0.481 e. The van der Waals surface area contributed by atoms with Crippen LogP contribution in [0.1, 0.15) is 61.9 Å². The molecule has 3 aromatic rings. The van der Waals surface area contributed by atoms with E-state index in [4.69, 9.17) is 4.98 Å². The lowest BCUT2D eigenvalue weighted by atomic mass is 9.84. The van der Waals surface area contributed by atoms with Crippen LogP contribution < -0.4 is 5.32 Å². The quantitative estimate of drug-likeness (QED) is 0.375. The lowest BCUT2D eigenvalue weighted by Crippen LogP contribution is -2.48. The summed E-state index contributed by atoms with van der Waals surface area (Å²) in [5.74, 6) is -0.639. The molecule has 2 heterocycles. The highest BCUT2D eigenvalue weighted by molar-refractivity contribution is 6.09. The number of carbonyl (C=O) groups excluding carboxylic acids is 1. The van der Waals surface area contributed by atoms with Gasteiger partial charge in [-0.25, -0.2) is 4.98 Å². The summed E-state index contributed by atoms with van der Waals surface area (Å²) in [5, 5.41) is 13.6. The summed E-state index contributed by atoms with van der Waals surface area (Å²) in [6.45, 7) is 8.33. The largest absolute Gasteiger partial charge is 0.481 e. The van der Waals surface area contributed by atoms with Gasteiger partial charge in [-0.2, -0.15) is 0 Å². The molecule has 2 fully saturated rings. The highest BCUT2D eigenvalue weighted by Crippen LogP contribution is 2.33. The third-order valence-electron chi connectivity index (χ3n) is 8.78. The zero-order valence-corrected chi connectivity index (χ0v) is 23.8. The first kappa shape index (κ1) is 28.2. The van der Waals surface area contributed by atoms with Crippen molar-refractivity contribution in [2.75, 3.05) is 32.7 Å². The first-order valence-corrected chi connectivity index (χ1v) is 14.9. The fourth-order valence-corrected chi connectivity index (χ4v) is 6.35. The van der Waals surface area contributed by atoms with Gasteiger partial charge in [-0.1, -0.05) is 74.7 Å². The number of carbonyl (C=O) groups is 2. The molecule has 2 atom stereocenters. The number of aliphatic carboxylic acids is 1. The van der Waals surface area contributed by atoms with E-state index in [1.54, 1.807) is 6.92 Å². The number of benzene rings is 2. The average Bonchev–Trinajstić information content (AvgIpc) is 2.98. The molecule has 40 heavy (non-hydrogen) atoms. The molecule has 0 bridgehead atoms.